The number of benzene rings is 2. The summed E-state index contributed by atoms with van der Waals surface area (Å²) in [5.41, 5.74) is 3.33. The van der Waals surface area contributed by atoms with Gasteiger partial charge in [0, 0.05) is 12.8 Å². The van der Waals surface area contributed by atoms with E-state index >= 15 is 0 Å². The van der Waals surface area contributed by atoms with Crippen molar-refractivity contribution in [3.8, 4) is 0 Å². The van der Waals surface area contributed by atoms with Gasteiger partial charge in [0.25, 0.3) is 7.82 Å². The molecule has 0 radical (unpaired) electrons. The van der Waals surface area contributed by atoms with Crippen LogP contribution >= 0.6 is 7.82 Å². The number of phosphoric acid groups is 1. The van der Waals surface area contributed by atoms with Gasteiger partial charge in [0.05, 0.1) is 27.7 Å². The Morgan fingerprint density at radius 2 is 1.28 bits per heavy atom. The van der Waals surface area contributed by atoms with Crippen LogP contribution in [-0.4, -0.2) is 70.0 Å². The number of phosphoric ester groups is 1. The lowest BCUT2D eigenvalue weighted by atomic mass is 10.1. The molecule has 0 N–H and O–H groups in total. The monoisotopic (exact) mass is 715 g/mol. The molecule has 0 aliphatic carbocycles. The fraction of sp³-hybridized carbons (Fsp3) is 0.600. The number of quaternary nitrogens is 1. The minimum Gasteiger partial charge on any atom is -0.756 e. The zero-order valence-electron chi connectivity index (χ0n) is 31.0. The van der Waals surface area contributed by atoms with Crippen LogP contribution in [0.2, 0.25) is 0 Å². The summed E-state index contributed by atoms with van der Waals surface area (Å²) in [7, 11) is 1.11. The number of carbonyl (C=O) groups excluding carboxylic acids is 2. The molecular weight excluding hydrogens is 653 g/mol. The lowest BCUT2D eigenvalue weighted by molar-refractivity contribution is -0.870. The van der Waals surface area contributed by atoms with Crippen LogP contribution in [0.5, 0.6) is 0 Å². The average molecular weight is 716 g/mol. The van der Waals surface area contributed by atoms with Gasteiger partial charge >= 0.3 is 11.9 Å². The highest BCUT2D eigenvalue weighted by Crippen LogP contribution is 2.38. The Kier molecular flexibility index (Phi) is 21.8. The summed E-state index contributed by atoms with van der Waals surface area (Å²) in [5, 5.41) is 0. The summed E-state index contributed by atoms with van der Waals surface area (Å²) in [6, 6.07) is 18.3. The Morgan fingerprint density at radius 3 is 1.88 bits per heavy atom. The smallest absolute Gasteiger partial charge is 0.306 e. The molecule has 0 heterocycles. The van der Waals surface area contributed by atoms with E-state index in [-0.39, 0.29) is 26.1 Å². The molecule has 2 aromatic carbocycles. The first-order valence-electron chi connectivity index (χ1n) is 18.5. The van der Waals surface area contributed by atoms with E-state index in [1.165, 1.54) is 44.9 Å². The van der Waals surface area contributed by atoms with Gasteiger partial charge in [0.15, 0.2) is 6.10 Å². The molecule has 9 nitrogen and oxygen atoms in total. The standard InChI is InChI=1S/C40H62NO8P/c1-5-6-7-8-9-10-11-12-13-14-18-23-40(43)49-38(34-48-50(44,45)47-32-31-41(2,3)4)33-46-39(42)24-19-22-36-26-29-37(30-27-36)28-25-35-20-16-15-17-21-35/h15-17,20-21,25-30,38H,5-14,18-19,22-24,31-34H2,1-4H3/b28-25+/t38-/m1/s1. The molecule has 0 saturated carbocycles. The Bertz CT molecular complexity index is 1280. The molecule has 50 heavy (non-hydrogen) atoms. The number of ether oxygens (including phenoxy) is 2. The van der Waals surface area contributed by atoms with Gasteiger partial charge in [0.2, 0.25) is 0 Å². The van der Waals surface area contributed by atoms with Crippen LogP contribution in [0.1, 0.15) is 114 Å². The van der Waals surface area contributed by atoms with Crippen molar-refractivity contribution < 1.29 is 42.1 Å². The Morgan fingerprint density at radius 1 is 0.720 bits per heavy atom. The van der Waals surface area contributed by atoms with E-state index in [4.69, 9.17) is 18.5 Å². The molecule has 0 aliphatic heterocycles. The molecule has 0 saturated heterocycles. The van der Waals surface area contributed by atoms with Crippen LogP contribution in [0.25, 0.3) is 12.2 Å². The highest BCUT2D eigenvalue weighted by atomic mass is 31.2. The number of nitrogens with zero attached hydrogens (tertiary/aromatic N) is 1. The number of unbranched alkanes of at least 4 members (excludes halogenated alkanes) is 10. The molecule has 2 aromatic rings. The van der Waals surface area contributed by atoms with Crippen molar-refractivity contribution in [3.05, 3.63) is 71.3 Å². The Hall–Kier alpha value is -2.81. The van der Waals surface area contributed by atoms with Crippen molar-refractivity contribution in [2.45, 2.75) is 109 Å². The van der Waals surface area contributed by atoms with Gasteiger partial charge in [-0.05, 0) is 36.0 Å². The zero-order valence-corrected chi connectivity index (χ0v) is 31.9. The second-order valence-electron chi connectivity index (χ2n) is 14.0. The van der Waals surface area contributed by atoms with Crippen molar-refractivity contribution in [3.63, 3.8) is 0 Å². The van der Waals surface area contributed by atoms with Gasteiger partial charge < -0.3 is 27.9 Å². The number of esters is 2. The third kappa shape index (κ3) is 22.8. The Balaban J connectivity index is 1.76. The highest BCUT2D eigenvalue weighted by molar-refractivity contribution is 7.45. The van der Waals surface area contributed by atoms with Crippen molar-refractivity contribution >= 4 is 31.9 Å². The molecule has 0 bridgehead atoms. The molecule has 2 atom stereocenters. The summed E-state index contributed by atoms with van der Waals surface area (Å²) in [4.78, 5) is 37.5. The SMILES string of the molecule is CCCCCCCCCCCCCC(=O)O[C@H](COC(=O)CCCc1ccc(/C=C/c2ccccc2)cc1)COP(=O)([O-])OCC[N+](C)(C)C. The van der Waals surface area contributed by atoms with E-state index < -0.39 is 32.5 Å². The third-order valence-electron chi connectivity index (χ3n) is 8.24. The normalized spacial score (nSPS) is 13.6. The van der Waals surface area contributed by atoms with E-state index in [0.717, 1.165) is 36.0 Å². The molecule has 0 amide bonds. The highest BCUT2D eigenvalue weighted by Gasteiger charge is 2.21. The van der Waals surface area contributed by atoms with Gasteiger partial charge in [-0.1, -0.05) is 138 Å². The van der Waals surface area contributed by atoms with Crippen molar-refractivity contribution in [2.75, 3.05) is 47.5 Å². The van der Waals surface area contributed by atoms with Crippen molar-refractivity contribution in [1.82, 2.24) is 0 Å². The largest absolute Gasteiger partial charge is 0.756 e. The number of hydrogen-bond donors (Lipinski definition) is 0. The quantitative estimate of drug-likeness (QED) is 0.0283. The summed E-state index contributed by atoms with van der Waals surface area (Å²) in [6.07, 6.45) is 17.5. The number of carbonyl (C=O) groups is 2. The number of hydrogen-bond acceptors (Lipinski definition) is 8. The first-order chi connectivity index (χ1) is 24.0. The lowest BCUT2D eigenvalue weighted by Crippen LogP contribution is -2.37. The zero-order chi connectivity index (χ0) is 36.5. The fourth-order valence-corrected chi connectivity index (χ4v) is 5.91. The van der Waals surface area contributed by atoms with E-state index in [1.54, 1.807) is 0 Å². The molecule has 280 valence electrons. The molecule has 0 spiro atoms. The maximum atomic E-state index is 12.6. The fourth-order valence-electron chi connectivity index (χ4n) is 5.18. The summed E-state index contributed by atoms with van der Waals surface area (Å²) in [5.74, 6) is -0.928. The molecule has 0 aromatic heterocycles. The van der Waals surface area contributed by atoms with Gasteiger partial charge in [0.1, 0.15) is 19.8 Å². The average Bonchev–Trinajstić information content (AvgIpc) is 3.08. The maximum absolute atomic E-state index is 12.6. The van der Waals surface area contributed by atoms with E-state index in [0.29, 0.717) is 30.3 Å². The first-order valence-corrected chi connectivity index (χ1v) is 20.0. The van der Waals surface area contributed by atoms with Crippen LogP contribution in [0.4, 0.5) is 0 Å². The van der Waals surface area contributed by atoms with Gasteiger partial charge in [-0.15, -0.1) is 0 Å². The van der Waals surface area contributed by atoms with Crippen LogP contribution in [0.15, 0.2) is 54.6 Å². The van der Waals surface area contributed by atoms with Crippen LogP contribution in [-0.2, 0) is 39.1 Å². The maximum Gasteiger partial charge on any atom is 0.306 e. The number of likely N-dealkylation sites (N-methyl/N-ethyl adjacent to an activating group) is 1. The molecule has 10 heteroatoms. The van der Waals surface area contributed by atoms with Crippen LogP contribution in [0, 0.1) is 0 Å². The van der Waals surface area contributed by atoms with Gasteiger partial charge in [-0.3, -0.25) is 14.2 Å². The minimum absolute atomic E-state index is 0.0459. The van der Waals surface area contributed by atoms with Crippen LogP contribution in [0.3, 0.4) is 0 Å². The molecule has 0 fully saturated rings. The predicted octanol–water partition coefficient (Wildman–Crippen LogP) is 8.54. The second kappa shape index (κ2) is 25.2. The summed E-state index contributed by atoms with van der Waals surface area (Å²) >= 11 is 0. The predicted molar refractivity (Wildman–Crippen MR) is 199 cm³/mol. The van der Waals surface area contributed by atoms with Crippen molar-refractivity contribution in [2.24, 2.45) is 0 Å². The van der Waals surface area contributed by atoms with Crippen LogP contribution < -0.4 is 4.89 Å². The molecule has 1 unspecified atom stereocenters. The third-order valence-corrected chi connectivity index (χ3v) is 9.20. The lowest BCUT2D eigenvalue weighted by Gasteiger charge is -2.28. The molecule has 0 aliphatic rings. The minimum atomic E-state index is -4.64. The molecular formula is C40H62NO8P. The van der Waals surface area contributed by atoms with Gasteiger partial charge in [-0.25, -0.2) is 0 Å². The topological polar surface area (TPSA) is 111 Å². The van der Waals surface area contributed by atoms with E-state index in [9.17, 15) is 19.0 Å². The second-order valence-corrected chi connectivity index (χ2v) is 15.4. The van der Waals surface area contributed by atoms with Crippen molar-refractivity contribution in [1.29, 1.82) is 0 Å². The van der Waals surface area contributed by atoms with Gasteiger partial charge in [-0.2, -0.15) is 0 Å². The summed E-state index contributed by atoms with van der Waals surface area (Å²) < 4.78 is 33.8. The molecule has 2 rings (SSSR count). The summed E-state index contributed by atoms with van der Waals surface area (Å²) in [6.45, 7) is 1.84. The number of rotatable bonds is 28. The first kappa shape index (κ1) is 43.4. The number of aryl methyl sites for hydroxylation is 1. The Labute approximate surface area is 301 Å². The van der Waals surface area contributed by atoms with E-state index in [1.807, 2.05) is 63.6 Å². The van der Waals surface area contributed by atoms with E-state index in [2.05, 4.69) is 31.2 Å².